The van der Waals surface area contributed by atoms with Crippen LogP contribution in [-0.2, 0) is 13.1 Å². The smallest absolute Gasteiger partial charge is 0.178 e. The number of nitrogens with one attached hydrogen (secondary N) is 1. The molecule has 1 N–H and O–H groups in total. The van der Waals surface area contributed by atoms with E-state index in [9.17, 15) is 4.39 Å². The highest BCUT2D eigenvalue weighted by Gasteiger charge is 2.08. The molecule has 0 atom stereocenters. The molecule has 7 heteroatoms. The average molecular weight is 355 g/mol. The van der Waals surface area contributed by atoms with Gasteiger partial charge in [-0.1, -0.05) is 0 Å². The van der Waals surface area contributed by atoms with Crippen LogP contribution in [0.5, 0.6) is 0 Å². The lowest BCUT2D eigenvalue weighted by Gasteiger charge is -2.05. The second-order valence-electron chi connectivity index (χ2n) is 4.49. The number of benzene rings is 1. The molecule has 0 amide bonds. The predicted octanol–water partition coefficient (Wildman–Crippen LogP) is 3.89. The van der Waals surface area contributed by atoms with Crippen LogP contribution in [0.4, 0.5) is 4.39 Å². The first-order valence-electron chi connectivity index (χ1n) is 6.20. The number of imidazole rings is 1. The van der Waals surface area contributed by atoms with Gasteiger partial charge < -0.3 is 9.55 Å². The third-order valence-corrected chi connectivity index (χ3v) is 4.07. The van der Waals surface area contributed by atoms with Crippen molar-refractivity contribution in [2.24, 2.45) is 0 Å². The van der Waals surface area contributed by atoms with Crippen molar-refractivity contribution in [3.63, 3.8) is 0 Å². The number of aromatic amines is 1. The van der Waals surface area contributed by atoms with E-state index in [1.165, 1.54) is 6.07 Å². The molecule has 0 unspecified atom stereocenters. The Morgan fingerprint density at radius 3 is 2.95 bits per heavy atom. The topological polar surface area (TPSA) is 38.5 Å². The summed E-state index contributed by atoms with van der Waals surface area (Å²) in [4.78, 5) is 3.10. The Morgan fingerprint density at radius 1 is 1.35 bits per heavy atom. The van der Waals surface area contributed by atoms with E-state index in [-0.39, 0.29) is 5.82 Å². The summed E-state index contributed by atoms with van der Waals surface area (Å²) in [6.45, 7) is 1.53. The number of hydrogen-bond donors (Lipinski definition) is 1. The first-order valence-corrected chi connectivity index (χ1v) is 7.40. The molecule has 1 aromatic carbocycles. The second kappa shape index (κ2) is 5.49. The van der Waals surface area contributed by atoms with Crippen molar-refractivity contribution in [3.8, 4) is 0 Å². The van der Waals surface area contributed by atoms with E-state index in [4.69, 9.17) is 12.2 Å². The largest absolute Gasteiger partial charge is 0.331 e. The van der Waals surface area contributed by atoms with E-state index in [2.05, 4.69) is 26.0 Å². The maximum absolute atomic E-state index is 13.7. The highest BCUT2D eigenvalue weighted by Crippen LogP contribution is 2.23. The number of aromatic nitrogens is 4. The van der Waals surface area contributed by atoms with Crippen LogP contribution in [0.25, 0.3) is 11.0 Å². The van der Waals surface area contributed by atoms with Gasteiger partial charge in [0.15, 0.2) is 4.77 Å². The summed E-state index contributed by atoms with van der Waals surface area (Å²) in [5, 5.41) is 4.15. The van der Waals surface area contributed by atoms with E-state index in [0.29, 0.717) is 9.24 Å². The van der Waals surface area contributed by atoms with Gasteiger partial charge in [0.2, 0.25) is 0 Å². The summed E-state index contributed by atoms with van der Waals surface area (Å²) in [6.07, 6.45) is 4.55. The van der Waals surface area contributed by atoms with Gasteiger partial charge in [0.25, 0.3) is 0 Å². The van der Waals surface area contributed by atoms with Crippen LogP contribution < -0.4 is 0 Å². The van der Waals surface area contributed by atoms with Crippen LogP contribution in [0.1, 0.15) is 6.42 Å². The number of H-pyrrole nitrogens is 1. The van der Waals surface area contributed by atoms with Gasteiger partial charge in [-0.3, -0.25) is 4.68 Å². The molecule has 0 spiro atoms. The first kappa shape index (κ1) is 13.5. The number of aryl methyl sites for hydroxylation is 2. The van der Waals surface area contributed by atoms with Gasteiger partial charge in [0.05, 0.1) is 15.5 Å². The zero-order chi connectivity index (χ0) is 14.1. The second-order valence-corrected chi connectivity index (χ2v) is 5.73. The lowest BCUT2D eigenvalue weighted by atomic mass is 10.3. The van der Waals surface area contributed by atoms with Gasteiger partial charge >= 0.3 is 0 Å². The summed E-state index contributed by atoms with van der Waals surface area (Å²) in [6, 6.07) is 5.11. The fourth-order valence-electron chi connectivity index (χ4n) is 2.20. The Kier molecular flexibility index (Phi) is 3.71. The Bertz CT molecular complexity index is 791. The van der Waals surface area contributed by atoms with Crippen molar-refractivity contribution in [1.29, 1.82) is 0 Å². The van der Waals surface area contributed by atoms with Crippen LogP contribution in [0.2, 0.25) is 0 Å². The van der Waals surface area contributed by atoms with E-state index in [1.807, 2.05) is 21.5 Å². The Morgan fingerprint density at radius 2 is 2.20 bits per heavy atom. The molecule has 3 aromatic rings. The van der Waals surface area contributed by atoms with E-state index in [1.54, 1.807) is 12.3 Å². The number of halogens is 2. The molecule has 0 bridgehead atoms. The number of fused-ring (bicyclic) bond motifs is 1. The van der Waals surface area contributed by atoms with E-state index >= 15 is 0 Å². The Labute approximate surface area is 128 Å². The highest BCUT2D eigenvalue weighted by molar-refractivity contribution is 9.10. The minimum Gasteiger partial charge on any atom is -0.331 e. The molecule has 2 aromatic heterocycles. The monoisotopic (exact) mass is 354 g/mol. The standard InChI is InChI=1S/C13H12BrFN4S/c14-9-7-11-12(8-10(9)15)19(13(20)17-11)6-2-5-18-4-1-3-16-18/h1,3-4,7-8H,2,5-6H2,(H,17,20). The minimum absolute atomic E-state index is 0.285. The molecule has 0 radical (unpaired) electrons. The molecular formula is C13H12BrFN4S. The zero-order valence-corrected chi connectivity index (χ0v) is 12.9. The number of nitrogens with zero attached hydrogens (tertiary/aromatic N) is 3. The maximum Gasteiger partial charge on any atom is 0.178 e. The zero-order valence-electron chi connectivity index (χ0n) is 10.5. The van der Waals surface area contributed by atoms with Crippen molar-refractivity contribution in [1.82, 2.24) is 19.3 Å². The summed E-state index contributed by atoms with van der Waals surface area (Å²) < 4.78 is 18.5. The van der Waals surface area contributed by atoms with Crippen LogP contribution in [0, 0.1) is 10.6 Å². The molecule has 2 heterocycles. The van der Waals surface area contributed by atoms with Crippen LogP contribution in [-0.4, -0.2) is 19.3 Å². The third-order valence-electron chi connectivity index (χ3n) is 3.14. The van der Waals surface area contributed by atoms with Gasteiger partial charge in [0.1, 0.15) is 5.82 Å². The number of rotatable bonds is 4. The van der Waals surface area contributed by atoms with Crippen LogP contribution in [0.3, 0.4) is 0 Å². The molecular weight excluding hydrogens is 343 g/mol. The van der Waals surface area contributed by atoms with Crippen molar-refractivity contribution < 1.29 is 4.39 Å². The normalized spacial score (nSPS) is 11.3. The third kappa shape index (κ3) is 2.55. The quantitative estimate of drug-likeness (QED) is 0.722. The van der Waals surface area contributed by atoms with Gasteiger partial charge in [0, 0.05) is 31.5 Å². The highest BCUT2D eigenvalue weighted by atomic mass is 79.9. The van der Waals surface area contributed by atoms with Gasteiger partial charge in [-0.15, -0.1) is 0 Å². The maximum atomic E-state index is 13.7. The SMILES string of the molecule is Fc1cc2c(cc1Br)[nH]c(=S)n2CCCn1cccn1. The molecule has 0 saturated carbocycles. The Balaban J connectivity index is 1.85. The fourth-order valence-corrected chi connectivity index (χ4v) is 2.84. The fraction of sp³-hybridized carbons (Fsp3) is 0.231. The molecule has 0 aliphatic heterocycles. The van der Waals surface area contributed by atoms with Crippen molar-refractivity contribution in [2.45, 2.75) is 19.5 Å². The van der Waals surface area contributed by atoms with Crippen LogP contribution in [0.15, 0.2) is 35.1 Å². The van der Waals surface area contributed by atoms with E-state index < -0.39 is 0 Å². The molecule has 20 heavy (non-hydrogen) atoms. The lowest BCUT2D eigenvalue weighted by Crippen LogP contribution is -2.04. The van der Waals surface area contributed by atoms with Crippen molar-refractivity contribution >= 4 is 39.2 Å². The number of hydrogen-bond acceptors (Lipinski definition) is 2. The van der Waals surface area contributed by atoms with E-state index in [0.717, 1.165) is 30.5 Å². The van der Waals surface area contributed by atoms with Crippen molar-refractivity contribution in [3.05, 3.63) is 45.7 Å². The first-order chi connectivity index (χ1) is 9.65. The van der Waals surface area contributed by atoms with Crippen LogP contribution >= 0.6 is 28.1 Å². The van der Waals surface area contributed by atoms with Gasteiger partial charge in [-0.05, 0) is 46.7 Å². The Hall–Kier alpha value is -1.47. The molecule has 0 aliphatic carbocycles. The predicted molar refractivity (Wildman–Crippen MR) is 81.6 cm³/mol. The lowest BCUT2D eigenvalue weighted by molar-refractivity contribution is 0.529. The summed E-state index contributed by atoms with van der Waals surface area (Å²) in [5.41, 5.74) is 1.62. The van der Waals surface area contributed by atoms with Gasteiger partial charge in [-0.25, -0.2) is 4.39 Å². The summed E-state index contributed by atoms with van der Waals surface area (Å²) >= 11 is 8.48. The van der Waals surface area contributed by atoms with Gasteiger partial charge in [-0.2, -0.15) is 5.10 Å². The summed E-state index contributed by atoms with van der Waals surface area (Å²) in [7, 11) is 0. The summed E-state index contributed by atoms with van der Waals surface area (Å²) in [5.74, 6) is -0.285. The molecule has 3 rings (SSSR count). The molecule has 104 valence electrons. The molecule has 0 aliphatic rings. The average Bonchev–Trinajstić information content (AvgIpc) is 3.01. The minimum atomic E-state index is -0.285. The molecule has 0 saturated heterocycles. The molecule has 4 nitrogen and oxygen atoms in total. The molecule has 0 fully saturated rings. The van der Waals surface area contributed by atoms with Crippen molar-refractivity contribution in [2.75, 3.05) is 0 Å².